The van der Waals surface area contributed by atoms with Crippen molar-refractivity contribution in [3.63, 3.8) is 0 Å². The minimum Gasteiger partial charge on any atom is -1.00 e. The summed E-state index contributed by atoms with van der Waals surface area (Å²) in [5, 5.41) is 21.5. The predicted octanol–water partition coefficient (Wildman–Crippen LogP) is -2.61. The summed E-state index contributed by atoms with van der Waals surface area (Å²) in [4.78, 5) is 0. The molecule has 0 radical (unpaired) electrons. The van der Waals surface area contributed by atoms with E-state index in [1.807, 2.05) is 0 Å². The van der Waals surface area contributed by atoms with Gasteiger partial charge in [0.25, 0.3) is 0 Å². The Morgan fingerprint density at radius 2 is 1.14 bits per heavy atom. The average Bonchev–Trinajstić information content (AvgIpc) is 0.811. The second-order valence-electron chi connectivity index (χ2n) is 0.346. The molecule has 0 aromatic carbocycles. The van der Waals surface area contributed by atoms with E-state index in [9.17, 15) is 0 Å². The van der Waals surface area contributed by atoms with Crippen LogP contribution in [-0.2, 0) is 0 Å². The maximum Gasteiger partial charge on any atom is 2.00 e. The van der Waals surface area contributed by atoms with Crippen molar-refractivity contribution in [1.29, 1.82) is 0 Å². The van der Waals surface area contributed by atoms with Crippen molar-refractivity contribution in [2.45, 2.75) is 0 Å². The van der Waals surface area contributed by atoms with Gasteiger partial charge in [0, 0.05) is 0 Å². The van der Waals surface area contributed by atoms with Crippen LogP contribution in [-0.4, -0.2) is 65.6 Å². The predicted molar refractivity (Wildman–Crippen MR) is 31.3 cm³/mol. The maximum absolute atomic E-state index is 7.17. The van der Waals surface area contributed by atoms with Crippen LogP contribution in [0.3, 0.4) is 0 Å². The molecule has 0 aliphatic rings. The fraction of sp³-hybridized carbons (Fsp3) is 0. The van der Waals surface area contributed by atoms with Gasteiger partial charge in [0.15, 0.2) is 0 Å². The first-order chi connectivity index (χ1) is 1.73. The van der Waals surface area contributed by atoms with Crippen LogP contribution in [0.2, 0.25) is 0 Å². The molecule has 0 aliphatic heterocycles. The first-order valence-electron chi connectivity index (χ1n) is 0.775. The molecule has 0 unspecified atom stereocenters. The van der Waals surface area contributed by atoms with Gasteiger partial charge in [-0.25, -0.2) is 0 Å². The van der Waals surface area contributed by atoms with Gasteiger partial charge in [-0.1, -0.05) is 0 Å². The monoisotopic (exact) mass is 158 g/mol. The fourth-order valence-electron chi connectivity index (χ4n) is 0. The molecular weight excluding hydrogens is 150 g/mol. The molecule has 0 amide bonds. The van der Waals surface area contributed by atoms with E-state index in [-0.39, 0.29) is 58.5 Å². The Morgan fingerprint density at radius 3 is 1.14 bits per heavy atom. The summed E-state index contributed by atoms with van der Waals surface area (Å²) in [6, 6.07) is 0. The van der Waals surface area contributed by atoms with E-state index in [0.29, 0.717) is 0 Å². The summed E-state index contributed by atoms with van der Waals surface area (Å²) in [6.45, 7) is 0. The minimum atomic E-state index is -2.17. The van der Waals surface area contributed by atoms with Gasteiger partial charge in [0.05, 0.1) is 0 Å². The molecule has 0 spiro atoms. The Balaban J connectivity index is -0.00000000450. The molecule has 0 aromatic rings. The molecule has 0 saturated heterocycles. The zero-order valence-electron chi connectivity index (χ0n) is 5.53. The molecule has 7 heavy (non-hydrogen) atoms. The van der Waals surface area contributed by atoms with Crippen LogP contribution in [0.4, 0.5) is 0 Å². The van der Waals surface area contributed by atoms with Gasteiger partial charge in [0.2, 0.25) is 0 Å². The van der Waals surface area contributed by atoms with Crippen LogP contribution < -0.4 is 0 Å². The van der Waals surface area contributed by atoms with E-state index in [1.54, 1.807) is 0 Å². The summed E-state index contributed by atoms with van der Waals surface area (Å²) in [7, 11) is -2.17. The summed E-state index contributed by atoms with van der Waals surface area (Å²) in [5.74, 6) is 0. The molecular formula is H8BCaClO4. The van der Waals surface area contributed by atoms with Gasteiger partial charge >= 0.3 is 45.1 Å². The number of rotatable bonds is 0. The van der Waals surface area contributed by atoms with Crippen molar-refractivity contribution in [2.75, 3.05) is 0 Å². The third-order valence-electron chi connectivity index (χ3n) is 0. The SMILES string of the molecule is Cl.O.OB(O)O.[Ca+2].[H-].[H-]. The largest absolute Gasteiger partial charge is 2.00 e. The average molecular weight is 158 g/mol. The Bertz CT molecular complexity index is 23.3. The van der Waals surface area contributed by atoms with E-state index in [0.717, 1.165) is 0 Å². The van der Waals surface area contributed by atoms with Crippen LogP contribution >= 0.6 is 12.4 Å². The zero-order valence-corrected chi connectivity index (χ0v) is 6.56. The Hall–Kier alpha value is 1.45. The summed E-state index contributed by atoms with van der Waals surface area (Å²) >= 11 is 0. The third-order valence-corrected chi connectivity index (χ3v) is 0. The quantitative estimate of drug-likeness (QED) is 0.337. The molecule has 0 atom stereocenters. The van der Waals surface area contributed by atoms with Crippen molar-refractivity contribution in [2.24, 2.45) is 0 Å². The van der Waals surface area contributed by atoms with Crippen LogP contribution in [0, 0.1) is 0 Å². The molecule has 0 heterocycles. The summed E-state index contributed by atoms with van der Waals surface area (Å²) in [6.07, 6.45) is 0. The molecule has 0 aromatic heterocycles. The van der Waals surface area contributed by atoms with Crippen molar-refractivity contribution in [3.05, 3.63) is 0 Å². The van der Waals surface area contributed by atoms with Crippen LogP contribution in [0.5, 0.6) is 0 Å². The molecule has 0 aliphatic carbocycles. The van der Waals surface area contributed by atoms with Crippen molar-refractivity contribution in [3.8, 4) is 0 Å². The molecule has 0 fully saturated rings. The second-order valence-corrected chi connectivity index (χ2v) is 0.346. The Morgan fingerprint density at radius 1 is 1.14 bits per heavy atom. The fourth-order valence-corrected chi connectivity index (χ4v) is 0. The van der Waals surface area contributed by atoms with Crippen molar-refractivity contribution < 1.29 is 23.4 Å². The number of hydrogen-bond acceptors (Lipinski definition) is 3. The van der Waals surface area contributed by atoms with Crippen molar-refractivity contribution >= 4 is 57.5 Å². The van der Waals surface area contributed by atoms with Gasteiger partial charge in [-0.05, 0) is 0 Å². The minimum absolute atomic E-state index is 0. The molecule has 5 N–H and O–H groups in total. The zero-order chi connectivity index (χ0) is 3.58. The summed E-state index contributed by atoms with van der Waals surface area (Å²) in [5.41, 5.74) is 0. The van der Waals surface area contributed by atoms with Crippen LogP contribution in [0.15, 0.2) is 0 Å². The van der Waals surface area contributed by atoms with E-state index in [2.05, 4.69) is 0 Å². The van der Waals surface area contributed by atoms with Gasteiger partial charge < -0.3 is 23.4 Å². The smallest absolute Gasteiger partial charge is 1.00 e. The van der Waals surface area contributed by atoms with E-state index in [1.165, 1.54) is 0 Å². The Labute approximate surface area is 80.4 Å². The van der Waals surface area contributed by atoms with E-state index >= 15 is 0 Å². The normalized spacial score (nSPS) is 3.86. The number of halogens is 1. The molecule has 4 nitrogen and oxygen atoms in total. The first-order valence-corrected chi connectivity index (χ1v) is 0.775. The molecule has 0 rings (SSSR count). The molecule has 44 valence electrons. The first kappa shape index (κ1) is 23.7. The third kappa shape index (κ3) is 105. The standard InChI is InChI=1S/BH3O3.Ca.ClH.H2O.2H/c2-1(3)4;;;;;/h2-4H;;1H;1H2;;/q;+2;;;2*-1. The molecule has 0 saturated carbocycles. The van der Waals surface area contributed by atoms with Gasteiger partial charge in [-0.3, -0.25) is 0 Å². The van der Waals surface area contributed by atoms with Crippen LogP contribution in [0.25, 0.3) is 0 Å². The molecule has 0 bridgehead atoms. The van der Waals surface area contributed by atoms with Gasteiger partial charge in [-0.15, -0.1) is 12.4 Å². The van der Waals surface area contributed by atoms with Gasteiger partial charge in [0.1, 0.15) is 0 Å². The second kappa shape index (κ2) is 15.7. The Kier molecular flexibility index (Phi) is 52.9. The van der Waals surface area contributed by atoms with Crippen LogP contribution in [0.1, 0.15) is 2.85 Å². The molecule has 7 heteroatoms. The van der Waals surface area contributed by atoms with Crippen molar-refractivity contribution in [1.82, 2.24) is 0 Å². The summed E-state index contributed by atoms with van der Waals surface area (Å²) < 4.78 is 0. The van der Waals surface area contributed by atoms with E-state index < -0.39 is 7.32 Å². The maximum atomic E-state index is 7.17. The topological polar surface area (TPSA) is 92.2 Å². The number of hydrogen-bond donors (Lipinski definition) is 3. The van der Waals surface area contributed by atoms with Gasteiger partial charge in [-0.2, -0.15) is 0 Å². The van der Waals surface area contributed by atoms with E-state index in [4.69, 9.17) is 15.1 Å².